The number of aromatic nitrogens is 5. The van der Waals surface area contributed by atoms with Crippen LogP contribution in [0.25, 0.3) is 16.9 Å². The summed E-state index contributed by atoms with van der Waals surface area (Å²) in [5.41, 5.74) is 0.686. The molecule has 2 heterocycles. The number of hydrogen-bond donors (Lipinski definition) is 2. The third-order valence-corrected chi connectivity index (χ3v) is 6.23. The maximum Gasteiger partial charge on any atom is 0.416 e. The Morgan fingerprint density at radius 3 is 2.30 bits per heavy atom. The van der Waals surface area contributed by atoms with Gasteiger partial charge in [0, 0.05) is 21.3 Å². The van der Waals surface area contributed by atoms with Gasteiger partial charge in [-0.05, 0) is 44.2 Å². The summed E-state index contributed by atoms with van der Waals surface area (Å²) >= 11 is 12.1. The molecule has 4 aromatic rings. The fourth-order valence-corrected chi connectivity index (χ4v) is 4.22. The van der Waals surface area contributed by atoms with Crippen LogP contribution in [-0.2, 0) is 13.1 Å². The summed E-state index contributed by atoms with van der Waals surface area (Å²) in [6.07, 6.45) is -8.71. The third kappa shape index (κ3) is 5.59. The van der Waals surface area contributed by atoms with Gasteiger partial charge in [-0.3, -0.25) is 9.13 Å². The maximum absolute atomic E-state index is 13.5. The number of hydrogen-bond acceptors (Lipinski definition) is 5. The van der Waals surface area contributed by atoms with Gasteiger partial charge >= 0.3 is 11.9 Å². The Bertz CT molecular complexity index is 1480. The van der Waals surface area contributed by atoms with E-state index in [0.717, 1.165) is 4.57 Å². The number of rotatable bonds is 7. The van der Waals surface area contributed by atoms with Crippen LogP contribution in [0.1, 0.15) is 30.4 Å². The van der Waals surface area contributed by atoms with Gasteiger partial charge in [0.1, 0.15) is 6.10 Å². The van der Waals surface area contributed by atoms with E-state index in [9.17, 15) is 28.2 Å². The SMILES string of the molecule is Cc1c(-c2ccc(Cl)cc2)n(C[C@H](O)C(F)(F)F)c(=O)n1Cc1nc([C@H](C)O)nn1-c1cccc(Cl)c1. The predicted octanol–water partition coefficient (Wildman–Crippen LogP) is 4.54. The van der Waals surface area contributed by atoms with Gasteiger partial charge in [0.2, 0.25) is 0 Å². The highest BCUT2D eigenvalue weighted by Crippen LogP contribution is 2.28. The first kappa shape index (κ1) is 26.9. The lowest BCUT2D eigenvalue weighted by Gasteiger charge is -2.16. The highest BCUT2D eigenvalue weighted by Gasteiger charge is 2.39. The number of aliphatic hydroxyl groups is 2. The molecule has 4 rings (SSSR count). The Morgan fingerprint density at radius 1 is 1.03 bits per heavy atom. The van der Waals surface area contributed by atoms with E-state index in [1.807, 2.05) is 0 Å². The molecule has 0 aliphatic heterocycles. The number of benzene rings is 2. The molecule has 0 unspecified atom stereocenters. The second-order valence-corrected chi connectivity index (χ2v) is 9.30. The Kier molecular flexibility index (Phi) is 7.52. The molecule has 0 bridgehead atoms. The molecule has 2 atom stereocenters. The molecule has 0 amide bonds. The smallest absolute Gasteiger partial charge is 0.385 e. The summed E-state index contributed by atoms with van der Waals surface area (Å²) < 4.78 is 43.2. The second kappa shape index (κ2) is 10.3. The van der Waals surface area contributed by atoms with Crippen LogP contribution in [-0.4, -0.2) is 46.4 Å². The van der Waals surface area contributed by atoms with Crippen LogP contribution >= 0.6 is 23.2 Å². The average molecular weight is 556 g/mol. The molecule has 0 aliphatic carbocycles. The molecule has 0 saturated heterocycles. The van der Waals surface area contributed by atoms with Crippen LogP contribution < -0.4 is 5.69 Å². The zero-order chi connectivity index (χ0) is 27.1. The van der Waals surface area contributed by atoms with Crippen molar-refractivity contribution >= 4 is 23.2 Å². The molecule has 0 fully saturated rings. The lowest BCUT2D eigenvalue weighted by Crippen LogP contribution is -2.37. The summed E-state index contributed by atoms with van der Waals surface area (Å²) in [5, 5.41) is 25.0. The van der Waals surface area contributed by atoms with Crippen molar-refractivity contribution in [3.63, 3.8) is 0 Å². The van der Waals surface area contributed by atoms with Crippen molar-refractivity contribution in [2.24, 2.45) is 0 Å². The summed E-state index contributed by atoms with van der Waals surface area (Å²) in [5.74, 6) is 0.324. The van der Waals surface area contributed by atoms with Crippen molar-refractivity contribution in [3.05, 3.63) is 86.4 Å². The minimum absolute atomic E-state index is 0.0885. The molecule has 2 aromatic heterocycles. The number of aliphatic hydroxyl groups excluding tert-OH is 2. The van der Waals surface area contributed by atoms with E-state index in [0.29, 0.717) is 27.0 Å². The van der Waals surface area contributed by atoms with Crippen molar-refractivity contribution in [2.75, 3.05) is 0 Å². The monoisotopic (exact) mass is 555 g/mol. The Hall–Kier alpha value is -3.12. The van der Waals surface area contributed by atoms with Gasteiger partial charge in [-0.15, -0.1) is 5.10 Å². The molecule has 8 nitrogen and oxygen atoms in total. The third-order valence-electron chi connectivity index (χ3n) is 5.75. The van der Waals surface area contributed by atoms with Crippen LogP contribution in [0, 0.1) is 6.92 Å². The molecule has 0 radical (unpaired) electrons. The highest BCUT2D eigenvalue weighted by atomic mass is 35.5. The number of halogens is 5. The van der Waals surface area contributed by atoms with Gasteiger partial charge in [0.05, 0.1) is 24.5 Å². The first-order valence-electron chi connectivity index (χ1n) is 11.1. The fraction of sp³-hybridized carbons (Fsp3) is 0.292. The van der Waals surface area contributed by atoms with Gasteiger partial charge in [-0.2, -0.15) is 13.2 Å². The molecule has 2 N–H and O–H groups in total. The second-order valence-electron chi connectivity index (χ2n) is 8.43. The van der Waals surface area contributed by atoms with Crippen LogP contribution in [0.2, 0.25) is 10.0 Å². The number of nitrogens with zero attached hydrogens (tertiary/aromatic N) is 5. The van der Waals surface area contributed by atoms with E-state index < -0.39 is 30.6 Å². The molecular weight excluding hydrogens is 534 g/mol. The quantitative estimate of drug-likeness (QED) is 0.349. The standard InChI is InChI=1S/C24H22Cl2F3N5O3/c1-13-21(15-6-8-16(25)9-7-15)33(11-19(36)24(27,28)29)23(37)32(13)12-20-30-22(14(2)35)31-34(20)18-5-3-4-17(26)10-18/h3-10,14,19,35-36H,11-12H2,1-2H3/t14-,19-/m0/s1. The number of imidazole rings is 1. The lowest BCUT2D eigenvalue weighted by molar-refractivity contribution is -0.207. The molecule has 0 spiro atoms. The van der Waals surface area contributed by atoms with Crippen LogP contribution in [0.5, 0.6) is 0 Å². The van der Waals surface area contributed by atoms with Gasteiger partial charge in [0.15, 0.2) is 17.8 Å². The van der Waals surface area contributed by atoms with E-state index in [2.05, 4.69) is 10.1 Å². The van der Waals surface area contributed by atoms with Crippen LogP contribution in [0.15, 0.2) is 53.3 Å². The number of alkyl halides is 3. The van der Waals surface area contributed by atoms with Crippen LogP contribution in [0.3, 0.4) is 0 Å². The Labute approximate surface area is 219 Å². The molecule has 196 valence electrons. The lowest BCUT2D eigenvalue weighted by atomic mass is 10.1. The topological polar surface area (TPSA) is 98.1 Å². The summed E-state index contributed by atoms with van der Waals surface area (Å²) in [6, 6.07) is 12.9. The van der Waals surface area contributed by atoms with Crippen LogP contribution in [0.4, 0.5) is 13.2 Å². The maximum atomic E-state index is 13.5. The van der Waals surface area contributed by atoms with Crippen molar-refractivity contribution in [1.29, 1.82) is 0 Å². The molecule has 13 heteroatoms. The zero-order valence-corrected chi connectivity index (χ0v) is 21.1. The molecule has 0 aliphatic rings. The summed E-state index contributed by atoms with van der Waals surface area (Å²) in [7, 11) is 0. The van der Waals surface area contributed by atoms with Crippen molar-refractivity contribution in [3.8, 4) is 16.9 Å². The van der Waals surface area contributed by atoms with Gasteiger partial charge in [0.25, 0.3) is 0 Å². The van der Waals surface area contributed by atoms with E-state index in [1.165, 1.54) is 16.2 Å². The van der Waals surface area contributed by atoms with Gasteiger partial charge < -0.3 is 10.2 Å². The van der Waals surface area contributed by atoms with E-state index in [4.69, 9.17) is 23.2 Å². The first-order valence-corrected chi connectivity index (χ1v) is 11.8. The molecule has 0 saturated carbocycles. The summed E-state index contributed by atoms with van der Waals surface area (Å²) in [4.78, 5) is 17.8. The van der Waals surface area contributed by atoms with Gasteiger partial charge in [-0.1, -0.05) is 41.4 Å². The molecule has 37 heavy (non-hydrogen) atoms. The fourth-order valence-electron chi connectivity index (χ4n) is 3.91. The van der Waals surface area contributed by atoms with Crippen molar-refractivity contribution < 1.29 is 23.4 Å². The predicted molar refractivity (Wildman–Crippen MR) is 132 cm³/mol. The van der Waals surface area contributed by atoms with E-state index >= 15 is 0 Å². The van der Waals surface area contributed by atoms with E-state index in [-0.39, 0.29) is 23.9 Å². The molecule has 2 aromatic carbocycles. The minimum atomic E-state index is -4.92. The van der Waals surface area contributed by atoms with Gasteiger partial charge in [-0.25, -0.2) is 14.5 Å². The Balaban J connectivity index is 1.87. The zero-order valence-electron chi connectivity index (χ0n) is 19.6. The average Bonchev–Trinajstić information content (AvgIpc) is 3.35. The minimum Gasteiger partial charge on any atom is -0.385 e. The van der Waals surface area contributed by atoms with Crippen molar-refractivity contribution in [1.82, 2.24) is 23.9 Å². The normalized spacial score (nSPS) is 13.6. The largest absolute Gasteiger partial charge is 0.416 e. The first-order chi connectivity index (χ1) is 17.4. The molecular formula is C24H22Cl2F3N5O3. The van der Waals surface area contributed by atoms with E-state index in [1.54, 1.807) is 55.5 Å². The highest BCUT2D eigenvalue weighted by molar-refractivity contribution is 6.31. The summed E-state index contributed by atoms with van der Waals surface area (Å²) in [6.45, 7) is 1.87. The Morgan fingerprint density at radius 2 is 1.70 bits per heavy atom. The van der Waals surface area contributed by atoms with Crippen molar-refractivity contribution in [2.45, 2.75) is 45.3 Å².